The number of carbonyl (C=O) groups is 1. The zero-order chi connectivity index (χ0) is 17.5. The van der Waals surface area contributed by atoms with Gasteiger partial charge in [0.1, 0.15) is 5.82 Å². The quantitative estimate of drug-likeness (QED) is 0.649. The first-order valence-electron chi connectivity index (χ1n) is 8.32. The number of hydrogen-bond acceptors (Lipinski definition) is 2. The molecule has 0 saturated heterocycles. The lowest BCUT2D eigenvalue weighted by molar-refractivity contribution is -0.112. The Morgan fingerprint density at radius 2 is 2.00 bits per heavy atom. The summed E-state index contributed by atoms with van der Waals surface area (Å²) in [7, 11) is 0. The van der Waals surface area contributed by atoms with E-state index in [0.717, 1.165) is 35.5 Å². The number of nitrogens with one attached hydrogen (secondary N) is 2. The average molecular weight is 331 g/mol. The molecule has 3 rings (SSSR count). The summed E-state index contributed by atoms with van der Waals surface area (Å²) in [5.41, 5.74) is 4.03. The predicted molar refractivity (Wildman–Crippen MR) is 101 cm³/mol. The van der Waals surface area contributed by atoms with Crippen LogP contribution in [0.2, 0.25) is 0 Å². The van der Waals surface area contributed by atoms with Crippen LogP contribution in [-0.4, -0.2) is 15.9 Å². The van der Waals surface area contributed by atoms with Gasteiger partial charge in [-0.1, -0.05) is 48.0 Å². The van der Waals surface area contributed by atoms with Gasteiger partial charge in [-0.25, -0.2) is 4.98 Å². The van der Waals surface area contributed by atoms with Crippen LogP contribution in [0.25, 0.3) is 11.4 Å². The van der Waals surface area contributed by atoms with Gasteiger partial charge in [0.05, 0.1) is 0 Å². The Kier molecular flexibility index (Phi) is 5.42. The Balaban J connectivity index is 1.59. The van der Waals surface area contributed by atoms with Gasteiger partial charge < -0.3 is 10.3 Å². The van der Waals surface area contributed by atoms with E-state index >= 15 is 0 Å². The van der Waals surface area contributed by atoms with Crippen molar-refractivity contribution in [1.82, 2.24) is 9.97 Å². The van der Waals surface area contributed by atoms with Gasteiger partial charge >= 0.3 is 0 Å². The number of carbonyl (C=O) groups excluding carboxylic acids is 1. The lowest BCUT2D eigenvalue weighted by atomic mass is 10.1. The standard InChI is InChI=1S/C21H21N3O/c1-16(10-11-17-6-3-2-4-7-17)14-20(25)24-19-9-5-8-18(15-19)21-22-12-13-23-21/h2-9,12-15H,10-11H2,1H3,(H,22,23)(H,24,25). The number of aryl methyl sites for hydroxylation is 1. The number of rotatable bonds is 6. The van der Waals surface area contributed by atoms with E-state index in [-0.39, 0.29) is 5.91 Å². The number of imidazole rings is 1. The number of nitrogens with zero attached hydrogens (tertiary/aromatic N) is 1. The summed E-state index contributed by atoms with van der Waals surface area (Å²) in [5.74, 6) is 0.674. The van der Waals surface area contributed by atoms with Crippen LogP contribution in [0, 0.1) is 0 Å². The van der Waals surface area contributed by atoms with Crippen LogP contribution in [0.4, 0.5) is 5.69 Å². The molecule has 0 radical (unpaired) electrons. The third-order valence-electron chi connectivity index (χ3n) is 3.93. The normalized spacial score (nSPS) is 11.3. The first-order valence-corrected chi connectivity index (χ1v) is 8.32. The van der Waals surface area contributed by atoms with Crippen LogP contribution >= 0.6 is 0 Å². The molecule has 0 aliphatic carbocycles. The predicted octanol–water partition coefficient (Wildman–Crippen LogP) is 4.59. The van der Waals surface area contributed by atoms with E-state index in [1.165, 1.54) is 5.56 Å². The fourth-order valence-electron chi connectivity index (χ4n) is 2.63. The molecule has 4 heteroatoms. The fourth-order valence-corrected chi connectivity index (χ4v) is 2.63. The molecular formula is C21H21N3O. The third-order valence-corrected chi connectivity index (χ3v) is 3.93. The Morgan fingerprint density at radius 1 is 1.16 bits per heavy atom. The number of aromatic amines is 1. The Bertz CT molecular complexity index is 852. The van der Waals surface area contributed by atoms with Gasteiger partial charge in [0.2, 0.25) is 5.91 Å². The van der Waals surface area contributed by atoms with Gasteiger partial charge in [-0.05, 0) is 37.5 Å². The smallest absolute Gasteiger partial charge is 0.248 e. The molecule has 2 aromatic carbocycles. The third kappa shape index (κ3) is 4.91. The topological polar surface area (TPSA) is 57.8 Å². The van der Waals surface area contributed by atoms with Crippen molar-refractivity contribution >= 4 is 11.6 Å². The van der Waals surface area contributed by atoms with Crippen molar-refractivity contribution in [1.29, 1.82) is 0 Å². The monoisotopic (exact) mass is 331 g/mol. The van der Waals surface area contributed by atoms with E-state index in [2.05, 4.69) is 27.4 Å². The van der Waals surface area contributed by atoms with Crippen molar-refractivity contribution in [3.8, 4) is 11.4 Å². The molecule has 1 amide bonds. The fraction of sp³-hybridized carbons (Fsp3) is 0.143. The molecule has 0 atom stereocenters. The zero-order valence-corrected chi connectivity index (χ0v) is 14.2. The number of H-pyrrole nitrogens is 1. The molecule has 126 valence electrons. The Morgan fingerprint density at radius 3 is 2.76 bits per heavy atom. The van der Waals surface area contributed by atoms with E-state index in [0.29, 0.717) is 0 Å². The SMILES string of the molecule is CC(=CC(=O)Nc1cccc(-c2ncc[nH]2)c1)CCc1ccccc1. The summed E-state index contributed by atoms with van der Waals surface area (Å²) in [5, 5.41) is 2.92. The van der Waals surface area contributed by atoms with E-state index in [4.69, 9.17) is 0 Å². The zero-order valence-electron chi connectivity index (χ0n) is 14.2. The molecule has 2 N–H and O–H groups in total. The second kappa shape index (κ2) is 8.11. The summed E-state index contributed by atoms with van der Waals surface area (Å²) in [6.45, 7) is 1.99. The minimum Gasteiger partial charge on any atom is -0.345 e. The highest BCUT2D eigenvalue weighted by atomic mass is 16.1. The number of anilines is 1. The molecule has 0 spiro atoms. The van der Waals surface area contributed by atoms with Crippen LogP contribution in [0.1, 0.15) is 18.9 Å². The molecule has 0 saturated carbocycles. The molecule has 4 nitrogen and oxygen atoms in total. The summed E-state index contributed by atoms with van der Waals surface area (Å²) < 4.78 is 0. The van der Waals surface area contributed by atoms with Gasteiger partial charge in [-0.15, -0.1) is 0 Å². The van der Waals surface area contributed by atoms with Crippen molar-refractivity contribution in [3.05, 3.63) is 84.2 Å². The van der Waals surface area contributed by atoms with Crippen molar-refractivity contribution in [2.45, 2.75) is 19.8 Å². The lowest BCUT2D eigenvalue weighted by Gasteiger charge is -2.06. The van der Waals surface area contributed by atoms with E-state index in [1.54, 1.807) is 18.5 Å². The largest absolute Gasteiger partial charge is 0.345 e. The highest BCUT2D eigenvalue weighted by Crippen LogP contribution is 2.19. The van der Waals surface area contributed by atoms with Gasteiger partial charge in [0.25, 0.3) is 0 Å². The molecule has 25 heavy (non-hydrogen) atoms. The summed E-state index contributed by atoms with van der Waals surface area (Å²) >= 11 is 0. The van der Waals surface area contributed by atoms with Crippen LogP contribution in [0.3, 0.4) is 0 Å². The molecular weight excluding hydrogens is 310 g/mol. The summed E-state index contributed by atoms with van der Waals surface area (Å²) in [6, 6.07) is 17.9. The maximum absolute atomic E-state index is 12.2. The van der Waals surface area contributed by atoms with Gasteiger partial charge in [-0.2, -0.15) is 0 Å². The summed E-state index contributed by atoms with van der Waals surface area (Å²) in [6.07, 6.45) is 6.95. The molecule has 0 fully saturated rings. The maximum atomic E-state index is 12.2. The van der Waals surface area contributed by atoms with Crippen molar-refractivity contribution < 1.29 is 4.79 Å². The van der Waals surface area contributed by atoms with Gasteiger partial charge in [0, 0.05) is 29.7 Å². The first kappa shape index (κ1) is 16.7. The molecule has 0 unspecified atom stereocenters. The van der Waals surface area contributed by atoms with Crippen LogP contribution in [0.15, 0.2) is 78.6 Å². The lowest BCUT2D eigenvalue weighted by Crippen LogP contribution is -2.09. The molecule has 0 bridgehead atoms. The number of aromatic nitrogens is 2. The van der Waals surface area contributed by atoms with E-state index in [9.17, 15) is 4.79 Å². The van der Waals surface area contributed by atoms with Crippen LogP contribution in [0.5, 0.6) is 0 Å². The maximum Gasteiger partial charge on any atom is 0.248 e. The van der Waals surface area contributed by atoms with Gasteiger partial charge in [-0.3, -0.25) is 4.79 Å². The van der Waals surface area contributed by atoms with Crippen molar-refractivity contribution in [2.75, 3.05) is 5.32 Å². The molecule has 1 aromatic heterocycles. The number of benzene rings is 2. The molecule has 0 aliphatic rings. The highest BCUT2D eigenvalue weighted by molar-refractivity contribution is 6.00. The van der Waals surface area contributed by atoms with E-state index in [1.807, 2.05) is 49.4 Å². The first-order chi connectivity index (χ1) is 12.2. The minimum absolute atomic E-state index is 0.109. The Labute approximate surface area is 147 Å². The molecule has 1 heterocycles. The highest BCUT2D eigenvalue weighted by Gasteiger charge is 2.04. The second-order valence-corrected chi connectivity index (χ2v) is 5.98. The average Bonchev–Trinajstić information content (AvgIpc) is 3.16. The van der Waals surface area contributed by atoms with Crippen molar-refractivity contribution in [3.63, 3.8) is 0 Å². The molecule has 3 aromatic rings. The van der Waals surface area contributed by atoms with Gasteiger partial charge in [0.15, 0.2) is 0 Å². The number of amides is 1. The van der Waals surface area contributed by atoms with Crippen molar-refractivity contribution in [2.24, 2.45) is 0 Å². The summed E-state index contributed by atoms with van der Waals surface area (Å²) in [4.78, 5) is 19.5. The number of hydrogen-bond donors (Lipinski definition) is 2. The number of allylic oxidation sites excluding steroid dienone is 1. The van der Waals surface area contributed by atoms with E-state index < -0.39 is 0 Å². The second-order valence-electron chi connectivity index (χ2n) is 5.98. The minimum atomic E-state index is -0.109. The van der Waals surface area contributed by atoms with Crippen LogP contribution in [-0.2, 0) is 11.2 Å². The molecule has 0 aliphatic heterocycles. The van der Waals surface area contributed by atoms with Crippen LogP contribution < -0.4 is 5.32 Å². The Hall–Kier alpha value is -3.14.